The molecule has 0 unspecified atom stereocenters. The van der Waals surface area contributed by atoms with E-state index in [1.165, 1.54) is 12.2 Å². The summed E-state index contributed by atoms with van der Waals surface area (Å²) < 4.78 is 4.36. The third-order valence-electron chi connectivity index (χ3n) is 0.400. The normalized spacial score (nSPS) is 10.7. The van der Waals surface area contributed by atoms with Crippen molar-refractivity contribution >= 4 is 10.5 Å². The van der Waals surface area contributed by atoms with E-state index in [1.54, 1.807) is 0 Å². The Hall–Kier alpha value is -0.703. The van der Waals surface area contributed by atoms with Crippen LogP contribution in [0.25, 0.3) is 0 Å². The molecule has 0 fully saturated rings. The van der Waals surface area contributed by atoms with Crippen molar-refractivity contribution in [1.29, 1.82) is 0 Å². The Bertz CT molecular complexity index is 89.7. The Kier molecular flexibility index (Phi) is 3.14. The first-order valence-corrected chi connectivity index (χ1v) is 2.14. The van der Waals surface area contributed by atoms with Crippen molar-refractivity contribution in [1.82, 2.24) is 0 Å². The molecule has 0 aromatic rings. The van der Waals surface area contributed by atoms with Crippen LogP contribution in [0.4, 0.5) is 0 Å². The van der Waals surface area contributed by atoms with Crippen molar-refractivity contribution in [3.63, 3.8) is 0 Å². The van der Waals surface area contributed by atoms with E-state index in [2.05, 4.69) is 21.5 Å². The quantitative estimate of drug-likeness (QED) is 0.312. The number of nitrogens with two attached hydrogens (primary N) is 1. The summed E-state index contributed by atoms with van der Waals surface area (Å²) in [6.45, 7) is 3.39. The van der Waals surface area contributed by atoms with Gasteiger partial charge in [0, 0.05) is 0 Å². The first-order valence-electron chi connectivity index (χ1n) is 1.73. The predicted octanol–water partition coefficient (Wildman–Crippen LogP) is 0.0726. The molecule has 0 bridgehead atoms. The van der Waals surface area contributed by atoms with Gasteiger partial charge in [0.2, 0.25) is 0 Å². The zero-order valence-corrected chi connectivity index (χ0v) is 4.85. The van der Waals surface area contributed by atoms with Gasteiger partial charge in [-0.3, -0.25) is 0 Å². The van der Waals surface area contributed by atoms with Gasteiger partial charge in [0.1, 0.15) is 0 Å². The summed E-state index contributed by atoms with van der Waals surface area (Å²) in [6, 6.07) is 0. The van der Waals surface area contributed by atoms with Gasteiger partial charge >= 0.3 is 10.5 Å². The summed E-state index contributed by atoms with van der Waals surface area (Å²) in [5.74, 6) is 0.298. The van der Waals surface area contributed by atoms with E-state index >= 15 is 0 Å². The third kappa shape index (κ3) is 3.12. The van der Waals surface area contributed by atoms with E-state index in [-0.39, 0.29) is 0 Å². The number of hydrogen-bond donors (Lipinski definition) is 1. The van der Waals surface area contributed by atoms with Gasteiger partial charge in [0.05, 0.1) is 0 Å². The average molecular weight is 112 g/mol. The zero-order valence-electron chi connectivity index (χ0n) is 3.85. The van der Waals surface area contributed by atoms with Crippen molar-refractivity contribution in [3.05, 3.63) is 24.6 Å². The summed E-state index contributed by atoms with van der Waals surface area (Å²) in [6.07, 6.45) is 3.07. The molecule has 0 rings (SSSR count). The van der Waals surface area contributed by atoms with Gasteiger partial charge in [-0.1, -0.05) is 12.7 Å². The SMILES string of the molecule is C=CC=C(N)O[Si]. The second-order valence-corrected chi connectivity index (χ2v) is 1.11. The lowest BCUT2D eigenvalue weighted by atomic mass is 10.6. The first kappa shape index (κ1) is 6.30. The topological polar surface area (TPSA) is 35.2 Å². The van der Waals surface area contributed by atoms with Crippen LogP contribution >= 0.6 is 0 Å². The Morgan fingerprint density at radius 1 is 1.86 bits per heavy atom. The van der Waals surface area contributed by atoms with Crippen molar-refractivity contribution in [2.75, 3.05) is 0 Å². The molecule has 2 nitrogen and oxygen atoms in total. The average Bonchev–Trinajstić information content (AvgIpc) is 1.68. The number of allylic oxidation sites excluding steroid dienone is 2. The van der Waals surface area contributed by atoms with Gasteiger partial charge in [-0.15, -0.1) is 0 Å². The summed E-state index contributed by atoms with van der Waals surface area (Å²) in [4.78, 5) is 0. The molecule has 7 heavy (non-hydrogen) atoms. The molecule has 3 heteroatoms. The molecule has 0 amide bonds. The molecule has 0 aromatic heterocycles. The molecular formula is C4H6NOSi. The van der Waals surface area contributed by atoms with Crippen LogP contribution in [-0.2, 0) is 4.43 Å². The summed E-state index contributed by atoms with van der Waals surface area (Å²) in [5, 5.41) is 0. The highest BCUT2D eigenvalue weighted by Gasteiger charge is 1.74. The summed E-state index contributed by atoms with van der Waals surface area (Å²) >= 11 is 0. The van der Waals surface area contributed by atoms with Gasteiger partial charge in [-0.25, -0.2) is 0 Å². The van der Waals surface area contributed by atoms with Crippen molar-refractivity contribution in [3.8, 4) is 0 Å². The fourth-order valence-electron chi connectivity index (χ4n) is 0.150. The second-order valence-electron chi connectivity index (χ2n) is 0.907. The molecule has 0 atom stereocenters. The highest BCUT2D eigenvalue weighted by atomic mass is 28.2. The van der Waals surface area contributed by atoms with Crippen LogP contribution in [0.3, 0.4) is 0 Å². The zero-order chi connectivity index (χ0) is 5.70. The van der Waals surface area contributed by atoms with E-state index in [9.17, 15) is 0 Å². The van der Waals surface area contributed by atoms with Crippen molar-refractivity contribution < 1.29 is 4.43 Å². The molecule has 0 saturated heterocycles. The molecular weight excluding hydrogens is 106 g/mol. The van der Waals surface area contributed by atoms with Gasteiger partial charge in [-0.2, -0.15) is 0 Å². The lowest BCUT2D eigenvalue weighted by Gasteiger charge is -1.92. The lowest BCUT2D eigenvalue weighted by molar-refractivity contribution is 0.464. The monoisotopic (exact) mass is 112 g/mol. The second kappa shape index (κ2) is 3.49. The molecule has 0 aliphatic carbocycles. The Labute approximate surface area is 46.2 Å². The van der Waals surface area contributed by atoms with Gasteiger partial charge < -0.3 is 10.2 Å². The van der Waals surface area contributed by atoms with Gasteiger partial charge in [0.15, 0.2) is 5.88 Å². The lowest BCUT2D eigenvalue weighted by Crippen LogP contribution is -1.98. The molecule has 0 heterocycles. The van der Waals surface area contributed by atoms with E-state index < -0.39 is 0 Å². The van der Waals surface area contributed by atoms with E-state index in [0.717, 1.165) is 0 Å². The molecule has 2 N–H and O–H groups in total. The largest absolute Gasteiger partial charge is 0.529 e. The number of rotatable bonds is 2. The molecule has 0 aliphatic heterocycles. The molecule has 0 saturated carbocycles. The highest BCUT2D eigenvalue weighted by Crippen LogP contribution is 1.79. The maximum absolute atomic E-state index is 5.10. The Morgan fingerprint density at radius 3 is 2.57 bits per heavy atom. The van der Waals surface area contributed by atoms with Crippen LogP contribution in [0.2, 0.25) is 0 Å². The Balaban J connectivity index is 3.49. The molecule has 0 spiro atoms. The summed E-state index contributed by atoms with van der Waals surface area (Å²) in [7, 11) is 2.72. The van der Waals surface area contributed by atoms with Gasteiger partial charge in [0.25, 0.3) is 0 Å². The van der Waals surface area contributed by atoms with E-state index in [1.807, 2.05) is 0 Å². The Morgan fingerprint density at radius 2 is 2.43 bits per heavy atom. The first-order chi connectivity index (χ1) is 3.31. The van der Waals surface area contributed by atoms with E-state index in [4.69, 9.17) is 5.73 Å². The summed E-state index contributed by atoms with van der Waals surface area (Å²) in [5.41, 5.74) is 5.10. The fraction of sp³-hybridized carbons (Fsp3) is 0. The number of hydrogen-bond acceptors (Lipinski definition) is 2. The van der Waals surface area contributed by atoms with Crippen LogP contribution in [0.15, 0.2) is 24.6 Å². The van der Waals surface area contributed by atoms with E-state index in [0.29, 0.717) is 5.88 Å². The highest BCUT2D eigenvalue weighted by molar-refractivity contribution is 5.98. The minimum Gasteiger partial charge on any atom is -0.529 e. The maximum Gasteiger partial charge on any atom is 0.343 e. The smallest absolute Gasteiger partial charge is 0.343 e. The standard InChI is InChI=1S/C4H6NOSi/c1-2-3-4(5)6-7/h2-3H,1,5H2. The van der Waals surface area contributed by atoms with Crippen LogP contribution in [0.5, 0.6) is 0 Å². The van der Waals surface area contributed by atoms with Crippen LogP contribution in [0, 0.1) is 0 Å². The molecule has 37 valence electrons. The van der Waals surface area contributed by atoms with Crippen LogP contribution < -0.4 is 5.73 Å². The molecule has 3 radical (unpaired) electrons. The van der Waals surface area contributed by atoms with Gasteiger partial charge in [-0.05, 0) is 6.08 Å². The minimum absolute atomic E-state index is 0.298. The van der Waals surface area contributed by atoms with Crippen molar-refractivity contribution in [2.24, 2.45) is 5.73 Å². The van der Waals surface area contributed by atoms with Crippen LogP contribution in [0.1, 0.15) is 0 Å². The maximum atomic E-state index is 5.10. The molecule has 0 aromatic carbocycles. The predicted molar refractivity (Wildman–Crippen MR) is 29.3 cm³/mol. The third-order valence-corrected chi connectivity index (χ3v) is 0.636. The minimum atomic E-state index is 0.298. The van der Waals surface area contributed by atoms with Crippen LogP contribution in [-0.4, -0.2) is 10.5 Å². The van der Waals surface area contributed by atoms with Crippen molar-refractivity contribution in [2.45, 2.75) is 0 Å². The fourth-order valence-corrected chi connectivity index (χ4v) is 0.218. The molecule has 0 aliphatic rings.